The Balaban J connectivity index is 1.58. The van der Waals surface area contributed by atoms with Crippen LogP contribution in [0.3, 0.4) is 0 Å². The first-order valence-corrected chi connectivity index (χ1v) is 18.1. The van der Waals surface area contributed by atoms with E-state index in [0.29, 0.717) is 13.0 Å². The molecule has 0 spiro atoms. The number of esters is 1. The van der Waals surface area contributed by atoms with Crippen molar-refractivity contribution in [2.24, 2.45) is 56.2 Å². The molecule has 8 atom stereocenters. The van der Waals surface area contributed by atoms with E-state index in [1.807, 2.05) is 6.07 Å². The first kappa shape index (κ1) is 33.4. The maximum Gasteiger partial charge on any atom is 0.312 e. The maximum atomic E-state index is 15.1. The lowest BCUT2D eigenvalue weighted by Gasteiger charge is -2.71. The van der Waals surface area contributed by atoms with Crippen molar-refractivity contribution in [3.63, 3.8) is 0 Å². The van der Waals surface area contributed by atoms with E-state index in [1.54, 1.807) is 6.07 Å². The SMILES string of the molecule is CCCCOC(=O)[C@]12CCC(C)(C)C[C@H]1C1=C(c3cccc(F)c3)CC3[C@@]4(C)CC(C#N)C(=O)C(C)(C)[C@@H]4CC[C@@]3(C)[C@]1(C)CC2. The highest BCUT2D eigenvalue weighted by atomic mass is 19.1. The second kappa shape index (κ2) is 11.0. The first-order valence-electron chi connectivity index (χ1n) is 18.1. The number of allylic oxidation sites excluding steroid dienone is 2. The lowest BCUT2D eigenvalue weighted by molar-refractivity contribution is -0.193. The average Bonchev–Trinajstić information content (AvgIpc) is 2.99. The second-order valence-corrected chi connectivity index (χ2v) is 18.0. The molecular formula is C41H56FNO3. The van der Waals surface area contributed by atoms with Gasteiger partial charge in [-0.15, -0.1) is 0 Å². The quantitative estimate of drug-likeness (QED) is 0.240. The van der Waals surface area contributed by atoms with Crippen LogP contribution < -0.4 is 0 Å². The number of benzene rings is 1. The summed E-state index contributed by atoms with van der Waals surface area (Å²) < 4.78 is 21.2. The molecule has 0 amide bonds. The minimum absolute atomic E-state index is 0.0260. The molecule has 0 heterocycles. The van der Waals surface area contributed by atoms with E-state index < -0.39 is 16.7 Å². The van der Waals surface area contributed by atoms with Crippen molar-refractivity contribution in [1.82, 2.24) is 0 Å². The molecule has 2 unspecified atom stereocenters. The van der Waals surface area contributed by atoms with Crippen LogP contribution in [0.5, 0.6) is 0 Å². The number of halogens is 1. The van der Waals surface area contributed by atoms with Gasteiger partial charge in [0.05, 0.1) is 18.1 Å². The van der Waals surface area contributed by atoms with Crippen LogP contribution in [0.2, 0.25) is 0 Å². The Hall–Kier alpha value is -2.48. The van der Waals surface area contributed by atoms with E-state index in [0.717, 1.165) is 69.8 Å². The van der Waals surface area contributed by atoms with Gasteiger partial charge in [-0.2, -0.15) is 5.26 Å². The molecule has 4 saturated carbocycles. The summed E-state index contributed by atoms with van der Waals surface area (Å²) in [6, 6.07) is 9.52. The van der Waals surface area contributed by atoms with Crippen LogP contribution in [0.25, 0.3) is 5.57 Å². The highest BCUT2D eigenvalue weighted by molar-refractivity contribution is 5.90. The van der Waals surface area contributed by atoms with Gasteiger partial charge in [-0.05, 0) is 127 Å². The lowest BCUT2D eigenvalue weighted by Crippen LogP contribution is -2.66. The first-order chi connectivity index (χ1) is 21.5. The zero-order valence-electron chi connectivity index (χ0n) is 29.7. The molecule has 0 N–H and O–H groups in total. The van der Waals surface area contributed by atoms with E-state index in [2.05, 4.69) is 67.5 Å². The predicted octanol–water partition coefficient (Wildman–Crippen LogP) is 10.1. The van der Waals surface area contributed by atoms with Crippen LogP contribution >= 0.6 is 0 Å². The maximum absolute atomic E-state index is 15.1. The number of hydrogen-bond donors (Lipinski definition) is 0. The third kappa shape index (κ3) is 4.62. The molecule has 1 aromatic carbocycles. The Morgan fingerprint density at radius 1 is 1.00 bits per heavy atom. The zero-order chi connectivity index (χ0) is 33.5. The molecule has 0 bridgehead atoms. The molecule has 0 radical (unpaired) electrons. The van der Waals surface area contributed by atoms with Crippen LogP contribution in [0.1, 0.15) is 132 Å². The normalized spacial score (nSPS) is 40.9. The van der Waals surface area contributed by atoms with E-state index >= 15 is 4.39 Å². The van der Waals surface area contributed by atoms with E-state index in [1.165, 1.54) is 17.2 Å². The van der Waals surface area contributed by atoms with Crippen molar-refractivity contribution in [1.29, 1.82) is 5.26 Å². The minimum atomic E-state index is -0.606. The third-order valence-electron chi connectivity index (χ3n) is 14.9. The van der Waals surface area contributed by atoms with Gasteiger partial charge in [-0.25, -0.2) is 4.39 Å². The summed E-state index contributed by atoms with van der Waals surface area (Å²) in [6.07, 6.45) is 9.61. The average molecular weight is 630 g/mol. The van der Waals surface area contributed by atoms with Crippen LogP contribution in [0.15, 0.2) is 29.8 Å². The number of carbonyl (C=O) groups is 2. The molecule has 4 nitrogen and oxygen atoms in total. The van der Waals surface area contributed by atoms with Crippen molar-refractivity contribution in [2.45, 2.75) is 126 Å². The molecule has 0 aliphatic heterocycles. The lowest BCUT2D eigenvalue weighted by atomic mass is 9.32. The molecule has 5 heteroatoms. The van der Waals surface area contributed by atoms with E-state index in [4.69, 9.17) is 4.74 Å². The van der Waals surface area contributed by atoms with Gasteiger partial charge in [-0.1, -0.05) is 79.5 Å². The van der Waals surface area contributed by atoms with Crippen molar-refractivity contribution in [3.05, 3.63) is 41.2 Å². The molecule has 5 aliphatic carbocycles. The van der Waals surface area contributed by atoms with Gasteiger partial charge < -0.3 is 4.74 Å². The molecular weight excluding hydrogens is 573 g/mol. The summed E-state index contributed by atoms with van der Waals surface area (Å²) in [4.78, 5) is 27.9. The summed E-state index contributed by atoms with van der Waals surface area (Å²) in [5.74, 6) is -0.353. The fourth-order valence-electron chi connectivity index (χ4n) is 12.2. The Labute approximate surface area is 276 Å². The molecule has 250 valence electrons. The predicted molar refractivity (Wildman–Crippen MR) is 180 cm³/mol. The molecule has 0 aromatic heterocycles. The number of nitrogens with zero attached hydrogens (tertiary/aromatic N) is 1. The number of ether oxygens (including phenoxy) is 1. The topological polar surface area (TPSA) is 67.2 Å². The Bertz CT molecular complexity index is 1500. The third-order valence-corrected chi connectivity index (χ3v) is 14.9. The Morgan fingerprint density at radius 3 is 2.39 bits per heavy atom. The fourth-order valence-corrected chi connectivity index (χ4v) is 12.2. The summed E-state index contributed by atoms with van der Waals surface area (Å²) >= 11 is 0. The number of hydrogen-bond acceptors (Lipinski definition) is 4. The van der Waals surface area contributed by atoms with Gasteiger partial charge >= 0.3 is 5.97 Å². The number of ketones is 1. The van der Waals surface area contributed by atoms with Crippen LogP contribution in [-0.2, 0) is 14.3 Å². The number of unbranched alkanes of at least 4 members (excludes halogenated alkanes) is 1. The van der Waals surface area contributed by atoms with Crippen molar-refractivity contribution >= 4 is 17.3 Å². The van der Waals surface area contributed by atoms with Crippen molar-refractivity contribution in [2.75, 3.05) is 6.61 Å². The molecule has 4 fully saturated rings. The summed E-state index contributed by atoms with van der Waals surface area (Å²) in [5, 5.41) is 10.2. The summed E-state index contributed by atoms with van der Waals surface area (Å²) in [6.45, 7) is 18.8. The van der Waals surface area contributed by atoms with Crippen LogP contribution in [0.4, 0.5) is 4.39 Å². The fraction of sp³-hybridized carbons (Fsp3) is 0.732. The van der Waals surface area contributed by atoms with Gasteiger partial charge in [0.1, 0.15) is 11.7 Å². The number of carbonyl (C=O) groups excluding carboxylic acids is 2. The summed E-state index contributed by atoms with van der Waals surface area (Å²) in [7, 11) is 0. The van der Waals surface area contributed by atoms with Gasteiger partial charge in [0.15, 0.2) is 5.78 Å². The number of Topliss-reactive ketones (excluding diaryl/α,β-unsaturated/α-hetero) is 1. The molecule has 46 heavy (non-hydrogen) atoms. The van der Waals surface area contributed by atoms with Crippen LogP contribution in [-0.4, -0.2) is 18.4 Å². The minimum Gasteiger partial charge on any atom is -0.465 e. The number of fused-ring (bicyclic) bond motifs is 7. The zero-order valence-corrected chi connectivity index (χ0v) is 29.7. The number of nitriles is 1. The Kier molecular flexibility index (Phi) is 8.01. The molecule has 5 aliphatic rings. The van der Waals surface area contributed by atoms with Gasteiger partial charge in [-0.3, -0.25) is 9.59 Å². The summed E-state index contributed by atoms with van der Waals surface area (Å²) in [5.41, 5.74) is 1.92. The standard InChI is InChI=1S/C41H56FNO3/c1-9-10-20-46-35(45)41-18-16-36(2,3)24-30(41)33-29(26-12-11-13-28(42)21-26)22-32-38(6)23-27(25-43)34(44)37(4,5)31(38)14-15-39(32,7)40(33,8)17-19-41/h11-13,21,27,30-32H,9-10,14-20,22-24H2,1-8H3/t27?,30-,31-,32?,38-,39+,40+,41-/m0/s1. The van der Waals surface area contributed by atoms with E-state index in [-0.39, 0.29) is 57.0 Å². The van der Waals surface area contributed by atoms with Gasteiger partial charge in [0.2, 0.25) is 0 Å². The molecule has 1 aromatic rings. The van der Waals surface area contributed by atoms with Crippen LogP contribution in [0, 0.1) is 73.3 Å². The Morgan fingerprint density at radius 2 is 1.72 bits per heavy atom. The second-order valence-electron chi connectivity index (χ2n) is 18.0. The van der Waals surface area contributed by atoms with Crippen molar-refractivity contribution in [3.8, 4) is 6.07 Å². The monoisotopic (exact) mass is 629 g/mol. The van der Waals surface area contributed by atoms with Gasteiger partial charge in [0.25, 0.3) is 0 Å². The molecule has 6 rings (SSSR count). The highest BCUT2D eigenvalue weighted by Crippen LogP contribution is 2.77. The van der Waals surface area contributed by atoms with E-state index in [9.17, 15) is 14.9 Å². The van der Waals surface area contributed by atoms with Crippen molar-refractivity contribution < 1.29 is 18.7 Å². The number of rotatable bonds is 5. The smallest absolute Gasteiger partial charge is 0.312 e. The van der Waals surface area contributed by atoms with Gasteiger partial charge in [0, 0.05) is 5.41 Å². The molecule has 0 saturated heterocycles. The largest absolute Gasteiger partial charge is 0.465 e. The highest BCUT2D eigenvalue weighted by Gasteiger charge is 2.71.